The van der Waals surface area contributed by atoms with Crippen molar-refractivity contribution in [2.24, 2.45) is 5.14 Å². The molecule has 3 saturated heterocycles. The van der Waals surface area contributed by atoms with Crippen LogP contribution in [0.15, 0.2) is 0 Å². The third-order valence-electron chi connectivity index (χ3n) is 3.56. The van der Waals surface area contributed by atoms with Crippen LogP contribution in [0.3, 0.4) is 0 Å². The van der Waals surface area contributed by atoms with Crippen molar-refractivity contribution in [2.45, 2.75) is 70.8 Å². The van der Waals surface area contributed by atoms with Crippen LogP contribution in [0, 0.1) is 0 Å². The third kappa shape index (κ3) is 4.02. The maximum atomic E-state index is 11.0. The van der Waals surface area contributed by atoms with Gasteiger partial charge in [-0.2, -0.15) is 8.42 Å². The van der Waals surface area contributed by atoms with E-state index >= 15 is 0 Å². The Kier molecular flexibility index (Phi) is 5.39. The molecule has 0 aromatic carbocycles. The maximum Gasteiger partial charge on any atom is 0.333 e. The van der Waals surface area contributed by atoms with Gasteiger partial charge in [0.2, 0.25) is 5.79 Å². The lowest BCUT2D eigenvalue weighted by atomic mass is 9.98. The fourth-order valence-corrected chi connectivity index (χ4v) is 3.26. The SMILES string of the molecule is CC.CC1OC2COC3(COS(N)(=O)=O)OC(C)(C)OC3C2O1. The van der Waals surface area contributed by atoms with Gasteiger partial charge in [0.25, 0.3) is 0 Å². The van der Waals surface area contributed by atoms with Crippen LogP contribution in [-0.2, 0) is 38.2 Å². The zero-order valence-corrected chi connectivity index (χ0v) is 14.8. The summed E-state index contributed by atoms with van der Waals surface area (Å²) in [5.41, 5.74) is 0. The summed E-state index contributed by atoms with van der Waals surface area (Å²) in [6.45, 7) is 8.92. The van der Waals surface area contributed by atoms with E-state index in [1.807, 2.05) is 13.8 Å². The van der Waals surface area contributed by atoms with Crippen molar-refractivity contribution in [3.05, 3.63) is 0 Å². The van der Waals surface area contributed by atoms with Gasteiger partial charge in [-0.1, -0.05) is 13.8 Å². The van der Waals surface area contributed by atoms with E-state index in [9.17, 15) is 8.42 Å². The largest absolute Gasteiger partial charge is 0.344 e. The lowest BCUT2D eigenvalue weighted by Gasteiger charge is -2.40. The van der Waals surface area contributed by atoms with Crippen molar-refractivity contribution < 1.29 is 36.3 Å². The number of hydrogen-bond acceptors (Lipinski definition) is 8. The van der Waals surface area contributed by atoms with E-state index in [1.54, 1.807) is 20.8 Å². The van der Waals surface area contributed by atoms with Crippen molar-refractivity contribution in [1.29, 1.82) is 0 Å². The maximum absolute atomic E-state index is 11.0. The second kappa shape index (κ2) is 6.52. The Balaban J connectivity index is 0.000000924. The summed E-state index contributed by atoms with van der Waals surface area (Å²) < 4.78 is 55.3. The van der Waals surface area contributed by atoms with E-state index in [4.69, 9.17) is 28.8 Å². The highest BCUT2D eigenvalue weighted by Gasteiger charge is 2.64. The smallest absolute Gasteiger partial charge is 0.333 e. The van der Waals surface area contributed by atoms with Gasteiger partial charge in [0.1, 0.15) is 24.9 Å². The minimum Gasteiger partial charge on any atom is -0.344 e. The molecule has 23 heavy (non-hydrogen) atoms. The average molecular weight is 355 g/mol. The van der Waals surface area contributed by atoms with Gasteiger partial charge in [-0.3, -0.25) is 4.18 Å². The minimum atomic E-state index is -4.13. The van der Waals surface area contributed by atoms with E-state index in [0.29, 0.717) is 0 Å². The molecule has 5 atom stereocenters. The van der Waals surface area contributed by atoms with Crippen LogP contribution in [0.5, 0.6) is 0 Å². The van der Waals surface area contributed by atoms with Crippen molar-refractivity contribution >= 4 is 10.3 Å². The summed E-state index contributed by atoms with van der Waals surface area (Å²) in [5.74, 6) is -2.37. The molecule has 136 valence electrons. The zero-order valence-electron chi connectivity index (χ0n) is 14.0. The molecule has 0 aromatic heterocycles. The summed E-state index contributed by atoms with van der Waals surface area (Å²) >= 11 is 0. The summed E-state index contributed by atoms with van der Waals surface area (Å²) in [6, 6.07) is 0. The highest BCUT2D eigenvalue weighted by Crippen LogP contribution is 2.45. The standard InChI is InChI=1S/C11H19NO8S.C2H6/c1-6-17-7-4-15-11(5-16-21(12,13)14)9(8(7)18-6)19-10(2,3)20-11;1-2/h6-9H,4-5H2,1-3H3,(H2,12,13,14);1-2H3. The molecule has 0 aromatic rings. The first-order valence-corrected chi connectivity index (χ1v) is 9.07. The molecule has 3 heterocycles. The van der Waals surface area contributed by atoms with Gasteiger partial charge in [-0.05, 0) is 20.8 Å². The second-order valence-electron chi connectivity index (χ2n) is 5.76. The van der Waals surface area contributed by atoms with Crippen molar-refractivity contribution in [3.8, 4) is 0 Å². The summed E-state index contributed by atoms with van der Waals surface area (Å²) in [4.78, 5) is 0. The highest BCUT2D eigenvalue weighted by atomic mass is 32.2. The van der Waals surface area contributed by atoms with Gasteiger partial charge < -0.3 is 23.7 Å². The average Bonchev–Trinajstić information content (AvgIpc) is 2.94. The Bertz CT molecular complexity index is 524. The normalized spacial score (nSPS) is 41.7. The molecular formula is C13H25NO8S. The molecule has 0 spiro atoms. The van der Waals surface area contributed by atoms with Crippen LogP contribution in [0.4, 0.5) is 0 Å². The number of hydrogen-bond donors (Lipinski definition) is 1. The van der Waals surface area contributed by atoms with Gasteiger partial charge >= 0.3 is 10.3 Å². The lowest BCUT2D eigenvalue weighted by molar-refractivity contribution is -0.290. The van der Waals surface area contributed by atoms with Crippen molar-refractivity contribution in [1.82, 2.24) is 0 Å². The van der Waals surface area contributed by atoms with Crippen LogP contribution in [0.1, 0.15) is 34.6 Å². The van der Waals surface area contributed by atoms with Gasteiger partial charge in [0, 0.05) is 0 Å². The number of ether oxygens (including phenoxy) is 5. The fourth-order valence-electron chi connectivity index (χ4n) is 2.93. The lowest BCUT2D eigenvalue weighted by Crippen LogP contribution is -2.60. The Hall–Kier alpha value is -0.330. The zero-order chi connectivity index (χ0) is 17.5. The molecule has 3 rings (SSSR count). The van der Waals surface area contributed by atoms with E-state index < -0.39 is 47.0 Å². The first kappa shape index (κ1) is 19.0. The number of nitrogens with two attached hydrogens (primary N) is 1. The van der Waals surface area contributed by atoms with Gasteiger partial charge in [-0.25, -0.2) is 5.14 Å². The Morgan fingerprint density at radius 3 is 2.52 bits per heavy atom. The Labute approximate surface area is 136 Å². The van der Waals surface area contributed by atoms with Crippen LogP contribution >= 0.6 is 0 Å². The quantitative estimate of drug-likeness (QED) is 0.765. The van der Waals surface area contributed by atoms with Gasteiger partial charge in [0.05, 0.1) is 6.61 Å². The fraction of sp³-hybridized carbons (Fsp3) is 1.00. The number of rotatable bonds is 3. The number of fused-ring (bicyclic) bond motifs is 3. The molecule has 2 N–H and O–H groups in total. The topological polar surface area (TPSA) is 116 Å². The van der Waals surface area contributed by atoms with Crippen molar-refractivity contribution in [2.75, 3.05) is 13.2 Å². The molecule has 10 heteroatoms. The van der Waals surface area contributed by atoms with Crippen LogP contribution < -0.4 is 5.14 Å². The molecule has 0 amide bonds. The third-order valence-corrected chi connectivity index (χ3v) is 4.01. The molecule has 3 fully saturated rings. The Morgan fingerprint density at radius 1 is 1.26 bits per heavy atom. The predicted octanol–water partition coefficient (Wildman–Crippen LogP) is 0.241. The molecule has 3 aliphatic heterocycles. The summed E-state index contributed by atoms with van der Waals surface area (Å²) in [5, 5.41) is 4.87. The predicted molar refractivity (Wildman–Crippen MR) is 78.3 cm³/mol. The Morgan fingerprint density at radius 2 is 1.91 bits per heavy atom. The second-order valence-corrected chi connectivity index (χ2v) is 6.98. The van der Waals surface area contributed by atoms with Gasteiger partial charge in [0.15, 0.2) is 12.1 Å². The van der Waals surface area contributed by atoms with Gasteiger partial charge in [-0.15, -0.1) is 0 Å². The van der Waals surface area contributed by atoms with Crippen LogP contribution in [-0.4, -0.2) is 57.8 Å². The van der Waals surface area contributed by atoms with E-state index in [2.05, 4.69) is 4.18 Å². The summed E-state index contributed by atoms with van der Waals surface area (Å²) in [7, 11) is -4.13. The molecule has 0 saturated carbocycles. The highest BCUT2D eigenvalue weighted by molar-refractivity contribution is 7.84. The molecule has 9 nitrogen and oxygen atoms in total. The molecule has 3 aliphatic rings. The molecule has 5 unspecified atom stereocenters. The molecule has 0 radical (unpaired) electrons. The van der Waals surface area contributed by atoms with Crippen LogP contribution in [0.2, 0.25) is 0 Å². The molecule has 0 aliphatic carbocycles. The first-order chi connectivity index (χ1) is 10.6. The van der Waals surface area contributed by atoms with E-state index in [1.165, 1.54) is 0 Å². The van der Waals surface area contributed by atoms with Crippen molar-refractivity contribution in [3.63, 3.8) is 0 Å². The summed E-state index contributed by atoms with van der Waals surface area (Å²) in [6.07, 6.45) is -1.81. The van der Waals surface area contributed by atoms with Crippen LogP contribution in [0.25, 0.3) is 0 Å². The van der Waals surface area contributed by atoms with E-state index in [0.717, 1.165) is 0 Å². The minimum absolute atomic E-state index is 0.179. The monoisotopic (exact) mass is 355 g/mol. The van der Waals surface area contributed by atoms with E-state index in [-0.39, 0.29) is 12.7 Å². The first-order valence-electron chi connectivity index (χ1n) is 7.60. The molecular weight excluding hydrogens is 330 g/mol. The molecule has 0 bridgehead atoms.